The van der Waals surface area contributed by atoms with Gasteiger partial charge in [-0.25, -0.2) is 30.4 Å². The van der Waals surface area contributed by atoms with Crippen molar-refractivity contribution in [3.8, 4) is 11.5 Å². The summed E-state index contributed by atoms with van der Waals surface area (Å²) in [6, 6.07) is 14.8. The summed E-state index contributed by atoms with van der Waals surface area (Å²) in [4.78, 5) is 18.0. The molecule has 1 aliphatic heterocycles. The molecule has 11 nitrogen and oxygen atoms in total. The van der Waals surface area contributed by atoms with E-state index in [1.807, 2.05) is 25.1 Å². The van der Waals surface area contributed by atoms with Crippen LogP contribution in [0.15, 0.2) is 82.6 Å². The van der Waals surface area contributed by atoms with Crippen molar-refractivity contribution in [2.45, 2.75) is 15.8 Å². The summed E-state index contributed by atoms with van der Waals surface area (Å²) in [6.45, 7) is -1.62. The lowest BCUT2D eigenvalue weighted by atomic mass is 10.1. The van der Waals surface area contributed by atoms with Gasteiger partial charge in [-0.2, -0.15) is 14.5 Å². The summed E-state index contributed by atoms with van der Waals surface area (Å²) < 4.78 is 92.0. The van der Waals surface area contributed by atoms with Crippen molar-refractivity contribution in [1.29, 1.82) is 0 Å². The number of sulfonamides is 2. The molecule has 0 amide bonds. The van der Waals surface area contributed by atoms with Crippen LogP contribution in [0.3, 0.4) is 0 Å². The van der Waals surface area contributed by atoms with Crippen LogP contribution in [0.1, 0.15) is 0 Å². The number of benzene rings is 4. The van der Waals surface area contributed by atoms with E-state index in [9.17, 15) is 21.6 Å². The van der Waals surface area contributed by atoms with Gasteiger partial charge >= 0.3 is 5.97 Å². The molecule has 1 heterocycles. The molecular formula is C29H27ClF2N4O7S2. The average molecular weight is 681 g/mol. The average Bonchev–Trinajstić information content (AvgIpc) is 3.02. The largest absolute Gasteiger partial charge is 0.451 e. The fraction of sp³-hybridized carbons (Fsp3) is 0.207. The predicted octanol–water partition coefficient (Wildman–Crippen LogP) is 4.11. The molecule has 0 aliphatic carbocycles. The van der Waals surface area contributed by atoms with E-state index in [0.29, 0.717) is 32.2 Å². The minimum absolute atomic E-state index is 0.0417. The topological polar surface area (TPSA) is 140 Å². The van der Waals surface area contributed by atoms with Crippen LogP contribution < -0.4 is 15.5 Å². The van der Waals surface area contributed by atoms with E-state index in [4.69, 9.17) is 22.2 Å². The molecule has 16 heteroatoms. The number of halogens is 3. The molecule has 2 N–H and O–H groups in total. The zero-order valence-electron chi connectivity index (χ0n) is 23.9. The molecule has 4 aromatic rings. The van der Waals surface area contributed by atoms with Crippen LogP contribution in [0.25, 0.3) is 10.8 Å². The van der Waals surface area contributed by atoms with Crippen LogP contribution in [0, 0.1) is 11.6 Å². The van der Waals surface area contributed by atoms with Crippen molar-refractivity contribution < 1.29 is 40.0 Å². The van der Waals surface area contributed by atoms with E-state index in [-0.39, 0.29) is 17.2 Å². The minimum atomic E-state index is -4.79. The van der Waals surface area contributed by atoms with Crippen molar-refractivity contribution in [3.63, 3.8) is 0 Å². The van der Waals surface area contributed by atoms with Gasteiger partial charge in [0, 0.05) is 55.2 Å². The van der Waals surface area contributed by atoms with Gasteiger partial charge in [-0.1, -0.05) is 35.9 Å². The van der Waals surface area contributed by atoms with E-state index in [1.165, 1.54) is 30.3 Å². The first-order valence-corrected chi connectivity index (χ1v) is 16.6. The smallest absolute Gasteiger partial charge is 0.344 e. The number of nitrogens with two attached hydrogens (primary N) is 1. The molecule has 0 radical (unpaired) electrons. The van der Waals surface area contributed by atoms with Gasteiger partial charge in [-0.05, 0) is 48.5 Å². The van der Waals surface area contributed by atoms with Crippen LogP contribution in [-0.2, 0) is 29.7 Å². The van der Waals surface area contributed by atoms with E-state index in [2.05, 4.69) is 4.84 Å². The van der Waals surface area contributed by atoms with Crippen LogP contribution in [0.2, 0.25) is 5.02 Å². The first kappa shape index (κ1) is 32.5. The molecule has 0 saturated carbocycles. The second-order valence-electron chi connectivity index (χ2n) is 10.2. The molecule has 238 valence electrons. The maximum Gasteiger partial charge on any atom is 0.344 e. The summed E-state index contributed by atoms with van der Waals surface area (Å²) in [6.07, 6.45) is 0. The molecule has 0 unspecified atom stereocenters. The summed E-state index contributed by atoms with van der Waals surface area (Å²) in [5.41, 5.74) is 0.772. The monoisotopic (exact) mass is 680 g/mol. The quantitative estimate of drug-likeness (QED) is 0.272. The Kier molecular flexibility index (Phi) is 9.04. The van der Waals surface area contributed by atoms with Gasteiger partial charge in [0.05, 0.1) is 9.79 Å². The Labute approximate surface area is 263 Å². The lowest BCUT2D eigenvalue weighted by molar-refractivity contribution is -0.150. The molecule has 45 heavy (non-hydrogen) atoms. The first-order valence-electron chi connectivity index (χ1n) is 13.3. The normalized spacial score (nSPS) is 16.4. The predicted molar refractivity (Wildman–Crippen MR) is 163 cm³/mol. The summed E-state index contributed by atoms with van der Waals surface area (Å²) in [5, 5.41) is 1.44. The van der Waals surface area contributed by atoms with Crippen molar-refractivity contribution in [2.24, 2.45) is 5.90 Å². The molecule has 5 rings (SSSR count). The molecule has 0 spiro atoms. The molecule has 0 bridgehead atoms. The fourth-order valence-corrected chi connectivity index (χ4v) is 8.43. The Bertz CT molecular complexity index is 1970. The second-order valence-corrected chi connectivity index (χ2v) is 14.5. The number of nitrogens with zero attached hydrogens (tertiary/aromatic N) is 3. The Hall–Kier alpha value is -3.86. The van der Waals surface area contributed by atoms with Crippen LogP contribution in [0.5, 0.6) is 11.5 Å². The maximum absolute atomic E-state index is 15.0. The molecule has 1 aliphatic rings. The molecular weight excluding hydrogens is 654 g/mol. The van der Waals surface area contributed by atoms with Gasteiger partial charge < -0.3 is 14.5 Å². The first-order chi connectivity index (χ1) is 21.2. The third-order valence-corrected chi connectivity index (χ3v) is 11.3. The third kappa shape index (κ3) is 6.19. The third-order valence-electron chi connectivity index (χ3n) is 7.25. The number of rotatable bonds is 8. The lowest BCUT2D eigenvalue weighted by Crippen LogP contribution is -2.59. The molecule has 4 aromatic carbocycles. The zero-order valence-corrected chi connectivity index (χ0v) is 26.2. The molecule has 1 fully saturated rings. The van der Waals surface area contributed by atoms with E-state index in [0.717, 1.165) is 9.99 Å². The number of hydrogen-bond acceptors (Lipinski definition) is 9. The zero-order chi connectivity index (χ0) is 32.7. The Morgan fingerprint density at radius 2 is 1.53 bits per heavy atom. The number of piperazine rings is 1. The molecule has 1 atom stereocenters. The second kappa shape index (κ2) is 12.5. The van der Waals surface area contributed by atoms with E-state index < -0.39 is 67.4 Å². The Morgan fingerprint density at radius 1 is 0.911 bits per heavy atom. The van der Waals surface area contributed by atoms with Crippen molar-refractivity contribution in [1.82, 2.24) is 8.61 Å². The van der Waals surface area contributed by atoms with Gasteiger partial charge in [0.25, 0.3) is 0 Å². The standard InChI is InChI=1S/C29H27ClF2N4O7S2/c1-34(2)25-7-3-6-22-21(25)5-4-8-27(22)45(40,41)35-13-14-36(26(17-35)29(37)43-33)44(38,39)20-15-23(31)28(24(32)16-20)42-19-11-9-18(30)10-12-19/h3-12,15-16,26H,13-14,17,33H2,1-2H3/t26-/m1/s1. The van der Waals surface area contributed by atoms with Gasteiger partial charge in [0.2, 0.25) is 20.0 Å². The summed E-state index contributed by atoms with van der Waals surface area (Å²) in [7, 11) is -5.45. The Morgan fingerprint density at radius 3 is 2.16 bits per heavy atom. The fourth-order valence-electron chi connectivity index (χ4n) is 5.08. The van der Waals surface area contributed by atoms with E-state index in [1.54, 1.807) is 24.3 Å². The lowest BCUT2D eigenvalue weighted by Gasteiger charge is -2.38. The van der Waals surface area contributed by atoms with Crippen LogP contribution in [-0.4, -0.2) is 71.2 Å². The van der Waals surface area contributed by atoms with Gasteiger partial charge in [-0.3, -0.25) is 0 Å². The molecule has 1 saturated heterocycles. The van der Waals surface area contributed by atoms with Crippen LogP contribution in [0.4, 0.5) is 14.5 Å². The highest BCUT2D eigenvalue weighted by molar-refractivity contribution is 7.89. The Balaban J connectivity index is 1.47. The highest BCUT2D eigenvalue weighted by Crippen LogP contribution is 2.35. The number of carbonyl (C=O) groups excluding carboxylic acids is 1. The number of fused-ring (bicyclic) bond motifs is 1. The van der Waals surface area contributed by atoms with Gasteiger partial charge in [0.1, 0.15) is 11.8 Å². The number of ether oxygens (including phenoxy) is 1. The van der Waals surface area contributed by atoms with Crippen molar-refractivity contribution in [2.75, 3.05) is 38.6 Å². The molecule has 0 aromatic heterocycles. The number of hydrogen-bond donors (Lipinski definition) is 1. The van der Waals surface area contributed by atoms with Gasteiger partial charge in [0.15, 0.2) is 17.4 Å². The minimum Gasteiger partial charge on any atom is -0.451 e. The summed E-state index contributed by atoms with van der Waals surface area (Å²) in [5.74, 6) is 0.330. The van der Waals surface area contributed by atoms with Gasteiger partial charge in [-0.15, -0.1) is 0 Å². The van der Waals surface area contributed by atoms with Crippen molar-refractivity contribution in [3.05, 3.63) is 89.5 Å². The highest BCUT2D eigenvalue weighted by Gasteiger charge is 2.45. The summed E-state index contributed by atoms with van der Waals surface area (Å²) >= 11 is 5.82. The van der Waals surface area contributed by atoms with Crippen LogP contribution >= 0.6 is 11.6 Å². The van der Waals surface area contributed by atoms with E-state index >= 15 is 8.78 Å². The number of carbonyl (C=O) groups is 1. The van der Waals surface area contributed by atoms with Crippen molar-refractivity contribution >= 4 is 54.1 Å². The maximum atomic E-state index is 15.0. The number of anilines is 1. The highest BCUT2D eigenvalue weighted by atomic mass is 35.5. The SMILES string of the molecule is CN(C)c1cccc2c(S(=O)(=O)N3CCN(S(=O)(=O)c4cc(F)c(Oc5ccc(Cl)cc5)c(F)c4)[C@@H](C(=O)ON)C3)cccc12.